The molecule has 0 saturated heterocycles. The van der Waals surface area contributed by atoms with Crippen molar-refractivity contribution >= 4 is 11.9 Å². The van der Waals surface area contributed by atoms with Gasteiger partial charge in [0.25, 0.3) is 0 Å². The highest BCUT2D eigenvalue weighted by Crippen LogP contribution is 2.19. The normalized spacial score (nSPS) is 11.0. The summed E-state index contributed by atoms with van der Waals surface area (Å²) in [6.45, 7) is 3.68. The van der Waals surface area contributed by atoms with Crippen LogP contribution in [0.1, 0.15) is 25.8 Å². The van der Waals surface area contributed by atoms with Crippen LogP contribution in [-0.2, 0) is 16.0 Å². The minimum Gasteiger partial charge on any atom is -0.481 e. The number of carboxylic acid groups (broad SMARTS) is 1. The molecule has 4 heteroatoms. The Morgan fingerprint density at radius 1 is 1.22 bits per heavy atom. The number of hydrogen-bond acceptors (Lipinski definition) is 2. The lowest BCUT2D eigenvalue weighted by molar-refractivity contribution is -0.147. The van der Waals surface area contributed by atoms with Crippen LogP contribution in [0, 0.1) is 5.41 Å². The molecule has 0 radical (unpaired) electrons. The molecule has 0 aliphatic heterocycles. The van der Waals surface area contributed by atoms with E-state index in [1.54, 1.807) is 13.8 Å². The molecule has 0 aliphatic carbocycles. The Morgan fingerprint density at radius 3 is 2.39 bits per heavy atom. The lowest BCUT2D eigenvalue weighted by Gasteiger charge is -2.18. The van der Waals surface area contributed by atoms with E-state index in [0.717, 1.165) is 5.56 Å². The van der Waals surface area contributed by atoms with Crippen molar-refractivity contribution in [3.05, 3.63) is 35.9 Å². The maximum Gasteiger partial charge on any atom is 0.309 e. The minimum absolute atomic E-state index is 0.0811. The fourth-order valence-electron chi connectivity index (χ4n) is 1.47. The number of aliphatic carboxylic acids is 1. The zero-order chi connectivity index (χ0) is 13.6. The van der Waals surface area contributed by atoms with Crippen molar-refractivity contribution in [2.45, 2.75) is 26.7 Å². The highest BCUT2D eigenvalue weighted by atomic mass is 16.4. The molecule has 0 fully saturated rings. The first-order valence-electron chi connectivity index (χ1n) is 5.96. The van der Waals surface area contributed by atoms with Gasteiger partial charge in [0.2, 0.25) is 5.91 Å². The molecule has 4 nitrogen and oxygen atoms in total. The van der Waals surface area contributed by atoms with Crippen LogP contribution < -0.4 is 5.32 Å². The number of rotatable bonds is 6. The van der Waals surface area contributed by atoms with Crippen molar-refractivity contribution in [3.8, 4) is 0 Å². The van der Waals surface area contributed by atoms with Crippen LogP contribution in [0.4, 0.5) is 0 Å². The van der Waals surface area contributed by atoms with Crippen molar-refractivity contribution in [1.82, 2.24) is 5.32 Å². The van der Waals surface area contributed by atoms with E-state index < -0.39 is 11.4 Å². The van der Waals surface area contributed by atoms with Gasteiger partial charge in [0, 0.05) is 6.54 Å². The standard InChI is InChI=1S/C14H19NO3/c1-14(2,13(17)18)8-9-15-12(16)10-11-6-4-3-5-7-11/h3-7H,8-10H2,1-2H3,(H,15,16)(H,17,18). The second kappa shape index (κ2) is 6.19. The minimum atomic E-state index is -0.847. The number of carbonyl (C=O) groups is 2. The van der Waals surface area contributed by atoms with Gasteiger partial charge in [-0.1, -0.05) is 30.3 Å². The molecule has 0 saturated carbocycles. The lowest BCUT2D eigenvalue weighted by atomic mass is 9.90. The van der Waals surface area contributed by atoms with Crippen LogP contribution in [0.2, 0.25) is 0 Å². The predicted molar refractivity (Wildman–Crippen MR) is 69.2 cm³/mol. The van der Waals surface area contributed by atoms with E-state index in [0.29, 0.717) is 19.4 Å². The number of nitrogens with one attached hydrogen (secondary N) is 1. The summed E-state index contributed by atoms with van der Waals surface area (Å²) in [7, 11) is 0. The average Bonchev–Trinajstić information content (AvgIpc) is 2.29. The first-order valence-corrected chi connectivity index (χ1v) is 5.96. The summed E-state index contributed by atoms with van der Waals surface area (Å²) in [5, 5.41) is 11.7. The topological polar surface area (TPSA) is 66.4 Å². The summed E-state index contributed by atoms with van der Waals surface area (Å²) in [5.74, 6) is -0.929. The van der Waals surface area contributed by atoms with Gasteiger partial charge in [0.05, 0.1) is 11.8 Å². The number of hydrogen-bond donors (Lipinski definition) is 2. The van der Waals surface area contributed by atoms with E-state index in [-0.39, 0.29) is 5.91 Å². The van der Waals surface area contributed by atoms with Crippen LogP contribution in [-0.4, -0.2) is 23.5 Å². The predicted octanol–water partition coefficient (Wildman–Crippen LogP) is 1.85. The third-order valence-electron chi connectivity index (χ3n) is 2.86. The molecule has 0 spiro atoms. The Bertz CT molecular complexity index is 412. The van der Waals surface area contributed by atoms with Crippen LogP contribution in [0.3, 0.4) is 0 Å². The van der Waals surface area contributed by atoms with E-state index >= 15 is 0 Å². The third kappa shape index (κ3) is 4.57. The number of benzene rings is 1. The fourth-order valence-corrected chi connectivity index (χ4v) is 1.47. The van der Waals surface area contributed by atoms with Gasteiger partial charge in [-0.25, -0.2) is 0 Å². The van der Waals surface area contributed by atoms with Gasteiger partial charge in [0.1, 0.15) is 0 Å². The Morgan fingerprint density at radius 2 is 1.83 bits per heavy atom. The molecule has 0 bridgehead atoms. The van der Waals surface area contributed by atoms with Crippen LogP contribution in [0.15, 0.2) is 30.3 Å². The van der Waals surface area contributed by atoms with E-state index in [4.69, 9.17) is 5.11 Å². The van der Waals surface area contributed by atoms with Crippen LogP contribution in [0.5, 0.6) is 0 Å². The number of carbonyl (C=O) groups excluding carboxylic acids is 1. The van der Waals surface area contributed by atoms with Gasteiger partial charge in [-0.15, -0.1) is 0 Å². The van der Waals surface area contributed by atoms with E-state index in [9.17, 15) is 9.59 Å². The molecular formula is C14H19NO3. The molecule has 1 rings (SSSR count). The van der Waals surface area contributed by atoms with Crippen molar-refractivity contribution < 1.29 is 14.7 Å². The molecule has 1 aromatic carbocycles. The van der Waals surface area contributed by atoms with Gasteiger partial charge >= 0.3 is 5.97 Å². The van der Waals surface area contributed by atoms with E-state index in [1.807, 2.05) is 30.3 Å². The molecule has 0 aromatic heterocycles. The number of carboxylic acids is 1. The SMILES string of the molecule is CC(C)(CCNC(=O)Cc1ccccc1)C(=O)O. The molecule has 1 aromatic rings. The maximum absolute atomic E-state index is 11.6. The maximum atomic E-state index is 11.6. The largest absolute Gasteiger partial charge is 0.481 e. The molecule has 2 N–H and O–H groups in total. The molecular weight excluding hydrogens is 230 g/mol. The second-order valence-electron chi connectivity index (χ2n) is 4.95. The first kappa shape index (κ1) is 14.2. The van der Waals surface area contributed by atoms with E-state index in [1.165, 1.54) is 0 Å². The summed E-state index contributed by atoms with van der Waals surface area (Å²) >= 11 is 0. The zero-order valence-electron chi connectivity index (χ0n) is 10.8. The monoisotopic (exact) mass is 249 g/mol. The number of amides is 1. The zero-order valence-corrected chi connectivity index (χ0v) is 10.8. The van der Waals surface area contributed by atoms with E-state index in [2.05, 4.69) is 5.32 Å². The Hall–Kier alpha value is -1.84. The molecule has 98 valence electrons. The summed E-state index contributed by atoms with van der Waals surface area (Å²) in [6, 6.07) is 9.45. The summed E-state index contributed by atoms with van der Waals surface area (Å²) in [6.07, 6.45) is 0.747. The second-order valence-corrected chi connectivity index (χ2v) is 4.95. The van der Waals surface area contributed by atoms with Gasteiger partial charge in [-0.05, 0) is 25.8 Å². The first-order chi connectivity index (χ1) is 8.42. The highest BCUT2D eigenvalue weighted by Gasteiger charge is 2.26. The quantitative estimate of drug-likeness (QED) is 0.808. The molecule has 0 aliphatic rings. The summed E-state index contributed by atoms with van der Waals surface area (Å²) in [5.41, 5.74) is 0.146. The summed E-state index contributed by atoms with van der Waals surface area (Å²) < 4.78 is 0. The van der Waals surface area contributed by atoms with Crippen molar-refractivity contribution in [3.63, 3.8) is 0 Å². The Labute approximate surface area is 107 Å². The molecule has 0 atom stereocenters. The lowest BCUT2D eigenvalue weighted by Crippen LogP contribution is -2.32. The molecule has 0 unspecified atom stereocenters. The molecule has 0 heterocycles. The Kier molecular flexibility index (Phi) is 4.89. The average molecular weight is 249 g/mol. The van der Waals surface area contributed by atoms with Gasteiger partial charge < -0.3 is 10.4 Å². The van der Waals surface area contributed by atoms with Crippen LogP contribution in [0.25, 0.3) is 0 Å². The van der Waals surface area contributed by atoms with Gasteiger partial charge in [-0.3, -0.25) is 9.59 Å². The fraction of sp³-hybridized carbons (Fsp3) is 0.429. The van der Waals surface area contributed by atoms with Crippen molar-refractivity contribution in [2.75, 3.05) is 6.54 Å². The van der Waals surface area contributed by atoms with Gasteiger partial charge in [0.15, 0.2) is 0 Å². The van der Waals surface area contributed by atoms with Crippen molar-refractivity contribution in [1.29, 1.82) is 0 Å². The summed E-state index contributed by atoms with van der Waals surface area (Å²) in [4.78, 5) is 22.5. The van der Waals surface area contributed by atoms with Crippen molar-refractivity contribution in [2.24, 2.45) is 5.41 Å². The van der Waals surface area contributed by atoms with Crippen LogP contribution >= 0.6 is 0 Å². The molecule has 18 heavy (non-hydrogen) atoms. The Balaban J connectivity index is 2.32. The molecule has 1 amide bonds. The smallest absolute Gasteiger partial charge is 0.309 e. The highest BCUT2D eigenvalue weighted by molar-refractivity contribution is 5.78. The van der Waals surface area contributed by atoms with Gasteiger partial charge in [-0.2, -0.15) is 0 Å². The third-order valence-corrected chi connectivity index (χ3v) is 2.86.